The molecule has 0 aliphatic carbocycles. The second-order valence-electron chi connectivity index (χ2n) is 7.02. The summed E-state index contributed by atoms with van der Waals surface area (Å²) in [7, 11) is 0. The highest BCUT2D eigenvalue weighted by Crippen LogP contribution is 2.25. The molecule has 9 heteroatoms. The molecule has 0 spiro atoms. The van der Waals surface area contributed by atoms with Gasteiger partial charge in [0.25, 0.3) is 5.56 Å². The van der Waals surface area contributed by atoms with Crippen LogP contribution < -0.4 is 16.6 Å². The maximum Gasteiger partial charge on any atom is 0.272 e. The molecule has 0 aliphatic heterocycles. The molecular formula is C23H16Cl2N6O. The Morgan fingerprint density at radius 2 is 1.44 bits per heavy atom. The predicted octanol–water partition coefficient (Wildman–Crippen LogP) is 5.20. The Balaban J connectivity index is 1.76. The third kappa shape index (κ3) is 3.57. The summed E-state index contributed by atoms with van der Waals surface area (Å²) in [5, 5.41) is 9.06. The van der Waals surface area contributed by atoms with Crippen LogP contribution in [0.15, 0.2) is 83.7 Å². The van der Waals surface area contributed by atoms with E-state index in [4.69, 9.17) is 28.9 Å². The van der Waals surface area contributed by atoms with E-state index in [0.29, 0.717) is 21.4 Å². The Labute approximate surface area is 192 Å². The number of nitrogens with two attached hydrogens (primary N) is 1. The van der Waals surface area contributed by atoms with Gasteiger partial charge >= 0.3 is 0 Å². The Bertz CT molecular complexity index is 1480. The van der Waals surface area contributed by atoms with Gasteiger partial charge in [0.2, 0.25) is 5.95 Å². The molecule has 0 atom stereocenters. The molecule has 0 aliphatic rings. The largest absolute Gasteiger partial charge is 0.383 e. The van der Waals surface area contributed by atoms with Crippen molar-refractivity contribution in [2.24, 2.45) is 0 Å². The van der Waals surface area contributed by atoms with E-state index < -0.39 is 0 Å². The summed E-state index contributed by atoms with van der Waals surface area (Å²) in [6.45, 7) is 0. The molecule has 0 saturated heterocycles. The molecule has 5 aromatic rings. The lowest BCUT2D eigenvalue weighted by Gasteiger charge is -2.14. The zero-order valence-electron chi connectivity index (χ0n) is 16.5. The summed E-state index contributed by atoms with van der Waals surface area (Å²) in [6, 6.07) is 23.3. The average Bonchev–Trinajstić information content (AvgIpc) is 3.13. The van der Waals surface area contributed by atoms with Crippen LogP contribution in [0.25, 0.3) is 22.4 Å². The van der Waals surface area contributed by atoms with E-state index in [1.54, 1.807) is 48.5 Å². The number of nitrogen functional groups attached to an aromatic ring is 1. The molecule has 0 unspecified atom stereocenters. The minimum Gasteiger partial charge on any atom is -0.383 e. The van der Waals surface area contributed by atoms with Crippen LogP contribution >= 0.6 is 23.2 Å². The molecule has 0 saturated carbocycles. The lowest BCUT2D eigenvalue weighted by atomic mass is 10.3. The Hall–Kier alpha value is -3.81. The molecule has 0 amide bonds. The van der Waals surface area contributed by atoms with E-state index in [2.05, 4.69) is 15.4 Å². The van der Waals surface area contributed by atoms with Crippen molar-refractivity contribution in [3.8, 4) is 11.4 Å². The highest BCUT2D eigenvalue weighted by atomic mass is 35.5. The van der Waals surface area contributed by atoms with Crippen molar-refractivity contribution in [2.45, 2.75) is 0 Å². The molecule has 0 bridgehead atoms. The number of nitrogens with zero attached hydrogens (tertiary/aromatic N) is 4. The molecule has 0 radical (unpaired) electrons. The first-order chi connectivity index (χ1) is 15.5. The summed E-state index contributed by atoms with van der Waals surface area (Å²) in [5.74, 6) is 0.495. The zero-order chi connectivity index (χ0) is 22.2. The number of benzene rings is 3. The maximum atomic E-state index is 13.6. The van der Waals surface area contributed by atoms with Crippen LogP contribution in [0.4, 0.5) is 17.5 Å². The molecule has 0 fully saturated rings. The first kappa shape index (κ1) is 20.1. The highest BCUT2D eigenvalue weighted by Gasteiger charge is 2.20. The van der Waals surface area contributed by atoms with Gasteiger partial charge < -0.3 is 11.1 Å². The van der Waals surface area contributed by atoms with Gasteiger partial charge in [-0.2, -0.15) is 4.98 Å². The number of para-hydroxylation sites is 1. The van der Waals surface area contributed by atoms with Gasteiger partial charge in [0.05, 0.1) is 11.4 Å². The van der Waals surface area contributed by atoms with Crippen molar-refractivity contribution in [3.05, 3.63) is 99.3 Å². The standard InChI is InChI=1S/C23H16Cl2N6O/c24-14-6-10-16(11-7-14)27-23-28-21-19(20(26)31(29-21)18-4-2-1-3-5-18)22(32)30(23)17-12-8-15(25)9-13-17/h1-13H,26H2,(H,27,28,29). The SMILES string of the molecule is Nc1c2c(=O)n(-c3ccc(Cl)cc3)c(Nc3ccc(Cl)cc3)nc2nn1-c1ccccc1. The number of fused-ring (bicyclic) bond motifs is 1. The third-order valence-electron chi connectivity index (χ3n) is 4.93. The van der Waals surface area contributed by atoms with Gasteiger partial charge in [0, 0.05) is 15.7 Å². The van der Waals surface area contributed by atoms with E-state index in [9.17, 15) is 4.79 Å². The lowest BCUT2D eigenvalue weighted by Crippen LogP contribution is -2.23. The second-order valence-corrected chi connectivity index (χ2v) is 7.89. The maximum absolute atomic E-state index is 13.6. The quantitative estimate of drug-likeness (QED) is 0.382. The summed E-state index contributed by atoms with van der Waals surface area (Å²) in [6.07, 6.45) is 0. The second kappa shape index (κ2) is 8.03. The van der Waals surface area contributed by atoms with Crippen molar-refractivity contribution < 1.29 is 0 Å². The molecular weight excluding hydrogens is 447 g/mol. The topological polar surface area (TPSA) is 90.8 Å². The van der Waals surface area contributed by atoms with Crippen LogP contribution in [0.2, 0.25) is 10.0 Å². The lowest BCUT2D eigenvalue weighted by molar-refractivity contribution is 0.897. The van der Waals surface area contributed by atoms with Gasteiger partial charge in [0.15, 0.2) is 5.65 Å². The summed E-state index contributed by atoms with van der Waals surface area (Å²) in [4.78, 5) is 18.3. The molecule has 2 heterocycles. The fourth-order valence-corrected chi connectivity index (χ4v) is 3.65. The minimum atomic E-state index is -0.353. The predicted molar refractivity (Wildman–Crippen MR) is 129 cm³/mol. The first-order valence-electron chi connectivity index (χ1n) is 9.66. The van der Waals surface area contributed by atoms with Crippen molar-refractivity contribution in [2.75, 3.05) is 11.1 Å². The highest BCUT2D eigenvalue weighted by molar-refractivity contribution is 6.30. The Morgan fingerprint density at radius 3 is 2.09 bits per heavy atom. The van der Waals surface area contributed by atoms with E-state index in [-0.39, 0.29) is 28.4 Å². The van der Waals surface area contributed by atoms with Crippen LogP contribution in [-0.4, -0.2) is 19.3 Å². The fraction of sp³-hybridized carbons (Fsp3) is 0. The first-order valence-corrected chi connectivity index (χ1v) is 10.4. The normalized spacial score (nSPS) is 11.1. The monoisotopic (exact) mass is 462 g/mol. The van der Waals surface area contributed by atoms with Crippen LogP contribution in [0.5, 0.6) is 0 Å². The number of nitrogens with one attached hydrogen (secondary N) is 1. The van der Waals surface area contributed by atoms with Crippen molar-refractivity contribution in [3.63, 3.8) is 0 Å². The summed E-state index contributed by atoms with van der Waals surface area (Å²) >= 11 is 12.1. The average molecular weight is 463 g/mol. The number of aromatic nitrogens is 4. The van der Waals surface area contributed by atoms with E-state index >= 15 is 0 Å². The Kier molecular flexibility index (Phi) is 5.05. The van der Waals surface area contributed by atoms with Gasteiger partial charge in [0.1, 0.15) is 11.2 Å². The van der Waals surface area contributed by atoms with Gasteiger partial charge in [-0.15, -0.1) is 5.10 Å². The van der Waals surface area contributed by atoms with Gasteiger partial charge in [-0.25, -0.2) is 9.25 Å². The van der Waals surface area contributed by atoms with Crippen LogP contribution in [0.1, 0.15) is 0 Å². The smallest absolute Gasteiger partial charge is 0.272 e. The summed E-state index contributed by atoms with van der Waals surface area (Å²) < 4.78 is 2.96. The summed E-state index contributed by atoms with van der Waals surface area (Å²) in [5.41, 5.74) is 8.25. The van der Waals surface area contributed by atoms with Gasteiger partial charge in [-0.1, -0.05) is 41.4 Å². The number of rotatable bonds is 4. The molecule has 3 aromatic carbocycles. The number of hydrogen-bond acceptors (Lipinski definition) is 5. The van der Waals surface area contributed by atoms with E-state index in [0.717, 1.165) is 5.69 Å². The van der Waals surface area contributed by atoms with Gasteiger partial charge in [-0.3, -0.25) is 4.79 Å². The van der Waals surface area contributed by atoms with Crippen molar-refractivity contribution >= 4 is 51.7 Å². The number of halogens is 2. The van der Waals surface area contributed by atoms with Crippen LogP contribution in [-0.2, 0) is 0 Å². The number of hydrogen-bond donors (Lipinski definition) is 2. The van der Waals surface area contributed by atoms with Crippen LogP contribution in [0, 0.1) is 0 Å². The fourth-order valence-electron chi connectivity index (χ4n) is 3.40. The molecule has 7 nitrogen and oxygen atoms in total. The number of anilines is 3. The van der Waals surface area contributed by atoms with Gasteiger partial charge in [-0.05, 0) is 60.7 Å². The molecule has 32 heavy (non-hydrogen) atoms. The minimum absolute atomic E-state index is 0.212. The third-order valence-corrected chi connectivity index (χ3v) is 5.43. The van der Waals surface area contributed by atoms with Crippen molar-refractivity contribution in [1.29, 1.82) is 0 Å². The molecule has 158 valence electrons. The Morgan fingerprint density at radius 1 is 0.812 bits per heavy atom. The van der Waals surface area contributed by atoms with E-state index in [1.807, 2.05) is 30.3 Å². The molecule has 3 N–H and O–H groups in total. The zero-order valence-corrected chi connectivity index (χ0v) is 18.0. The van der Waals surface area contributed by atoms with Crippen molar-refractivity contribution in [1.82, 2.24) is 19.3 Å². The molecule has 2 aromatic heterocycles. The van der Waals surface area contributed by atoms with E-state index in [1.165, 1.54) is 9.25 Å². The van der Waals surface area contributed by atoms with Crippen LogP contribution in [0.3, 0.4) is 0 Å². The molecule has 5 rings (SSSR count).